The number of amides is 1. The van der Waals surface area contributed by atoms with Crippen molar-refractivity contribution >= 4 is 5.91 Å². The molecule has 6 heteroatoms. The third-order valence-electron chi connectivity index (χ3n) is 4.04. The quantitative estimate of drug-likeness (QED) is 0.837. The number of para-hydroxylation sites is 1. The van der Waals surface area contributed by atoms with Crippen LogP contribution in [-0.2, 0) is 11.3 Å². The van der Waals surface area contributed by atoms with E-state index in [9.17, 15) is 4.79 Å². The molecule has 1 aromatic carbocycles. The van der Waals surface area contributed by atoms with Gasteiger partial charge in [0.2, 0.25) is 5.88 Å². The molecule has 1 saturated heterocycles. The van der Waals surface area contributed by atoms with Gasteiger partial charge in [0.15, 0.2) is 0 Å². The summed E-state index contributed by atoms with van der Waals surface area (Å²) in [5, 5.41) is 2.89. The molecule has 0 aliphatic carbocycles. The summed E-state index contributed by atoms with van der Waals surface area (Å²) >= 11 is 0. The first-order valence-electron chi connectivity index (χ1n) is 8.37. The van der Waals surface area contributed by atoms with Gasteiger partial charge in [-0.15, -0.1) is 0 Å². The Balaban J connectivity index is 1.58. The van der Waals surface area contributed by atoms with Crippen LogP contribution in [0.4, 0.5) is 0 Å². The summed E-state index contributed by atoms with van der Waals surface area (Å²) in [7, 11) is 1.57. The van der Waals surface area contributed by atoms with Crippen LogP contribution in [0.25, 0.3) is 0 Å². The second kappa shape index (κ2) is 8.48. The van der Waals surface area contributed by atoms with E-state index < -0.39 is 0 Å². The van der Waals surface area contributed by atoms with Gasteiger partial charge >= 0.3 is 0 Å². The Bertz CT molecular complexity index is 697. The van der Waals surface area contributed by atoms with E-state index in [1.54, 1.807) is 31.5 Å². The predicted octanol–water partition coefficient (Wildman–Crippen LogP) is 2.58. The number of carbonyl (C=O) groups is 1. The van der Waals surface area contributed by atoms with Gasteiger partial charge in [0.1, 0.15) is 12.4 Å². The summed E-state index contributed by atoms with van der Waals surface area (Å²) in [6.07, 6.45) is 3.85. The summed E-state index contributed by atoms with van der Waals surface area (Å²) in [6.45, 7) is 1.63. The van der Waals surface area contributed by atoms with Crippen LogP contribution in [0, 0.1) is 0 Å². The Morgan fingerprint density at radius 1 is 1.32 bits per heavy atom. The van der Waals surface area contributed by atoms with Crippen LogP contribution in [0.3, 0.4) is 0 Å². The van der Waals surface area contributed by atoms with E-state index in [4.69, 9.17) is 14.2 Å². The van der Waals surface area contributed by atoms with E-state index in [-0.39, 0.29) is 12.0 Å². The van der Waals surface area contributed by atoms with Crippen LogP contribution in [0.2, 0.25) is 0 Å². The lowest BCUT2D eigenvalue weighted by atomic mass is 10.1. The highest BCUT2D eigenvalue weighted by Crippen LogP contribution is 2.20. The van der Waals surface area contributed by atoms with Gasteiger partial charge in [0.25, 0.3) is 5.91 Å². The Kier molecular flexibility index (Phi) is 5.85. The summed E-state index contributed by atoms with van der Waals surface area (Å²) in [4.78, 5) is 16.6. The Hall–Kier alpha value is -2.60. The molecular formula is C19H22N2O4. The first-order chi connectivity index (χ1) is 12.3. The number of carbonyl (C=O) groups excluding carboxylic acids is 1. The summed E-state index contributed by atoms with van der Waals surface area (Å²) in [5.74, 6) is 0.935. The van der Waals surface area contributed by atoms with Crippen molar-refractivity contribution in [3.8, 4) is 11.6 Å². The Morgan fingerprint density at radius 2 is 2.20 bits per heavy atom. The fraction of sp³-hybridized carbons (Fsp3) is 0.368. The van der Waals surface area contributed by atoms with E-state index in [2.05, 4.69) is 10.3 Å². The fourth-order valence-corrected chi connectivity index (χ4v) is 2.65. The molecule has 2 aromatic rings. The second-order valence-electron chi connectivity index (χ2n) is 5.83. The van der Waals surface area contributed by atoms with Crippen molar-refractivity contribution in [1.29, 1.82) is 0 Å². The Morgan fingerprint density at radius 3 is 2.92 bits per heavy atom. The number of aromatic nitrogens is 1. The minimum atomic E-state index is -0.182. The minimum Gasteiger partial charge on any atom is -0.490 e. The van der Waals surface area contributed by atoms with E-state index in [1.165, 1.54) is 0 Å². The standard InChI is InChI=1S/C19H22N2O4/c1-23-18-9-8-14(11-20-18)12-21-19(22)16-6-2-3-7-17(16)25-13-15-5-4-10-24-15/h2-3,6-9,11,15H,4-5,10,12-13H2,1H3,(H,21,22). The monoisotopic (exact) mass is 342 g/mol. The lowest BCUT2D eigenvalue weighted by Gasteiger charge is -2.14. The van der Waals surface area contributed by atoms with Gasteiger partial charge in [-0.3, -0.25) is 4.79 Å². The van der Waals surface area contributed by atoms with Crippen LogP contribution in [0.1, 0.15) is 28.8 Å². The molecule has 0 spiro atoms. The van der Waals surface area contributed by atoms with Gasteiger partial charge in [-0.1, -0.05) is 18.2 Å². The molecule has 1 aliphatic heterocycles. The SMILES string of the molecule is COc1ccc(CNC(=O)c2ccccc2OCC2CCCO2)cn1. The highest BCUT2D eigenvalue weighted by molar-refractivity contribution is 5.96. The number of hydrogen-bond donors (Lipinski definition) is 1. The predicted molar refractivity (Wildman–Crippen MR) is 92.9 cm³/mol. The molecule has 2 heterocycles. The van der Waals surface area contributed by atoms with Gasteiger partial charge in [0, 0.05) is 25.4 Å². The van der Waals surface area contributed by atoms with Crippen molar-refractivity contribution in [3.05, 3.63) is 53.7 Å². The van der Waals surface area contributed by atoms with Gasteiger partial charge in [-0.2, -0.15) is 0 Å². The third-order valence-corrected chi connectivity index (χ3v) is 4.04. The van der Waals surface area contributed by atoms with Crippen molar-refractivity contribution in [2.45, 2.75) is 25.5 Å². The molecule has 0 bridgehead atoms. The van der Waals surface area contributed by atoms with E-state index >= 15 is 0 Å². The van der Waals surface area contributed by atoms with E-state index in [0.29, 0.717) is 30.3 Å². The van der Waals surface area contributed by atoms with Gasteiger partial charge in [-0.05, 0) is 30.5 Å². The number of nitrogens with one attached hydrogen (secondary N) is 1. The number of benzene rings is 1. The lowest BCUT2D eigenvalue weighted by Crippen LogP contribution is -2.24. The van der Waals surface area contributed by atoms with Crippen molar-refractivity contribution in [2.75, 3.05) is 20.3 Å². The fourth-order valence-electron chi connectivity index (χ4n) is 2.65. The number of rotatable bonds is 7. The van der Waals surface area contributed by atoms with Crippen LogP contribution in [0.5, 0.6) is 11.6 Å². The average Bonchev–Trinajstić information content (AvgIpc) is 3.18. The van der Waals surface area contributed by atoms with Gasteiger partial charge in [-0.25, -0.2) is 4.98 Å². The van der Waals surface area contributed by atoms with Crippen molar-refractivity contribution in [3.63, 3.8) is 0 Å². The van der Waals surface area contributed by atoms with Gasteiger partial charge in [0.05, 0.1) is 18.8 Å². The number of hydrogen-bond acceptors (Lipinski definition) is 5. The molecule has 1 N–H and O–H groups in total. The molecule has 1 amide bonds. The molecule has 0 radical (unpaired) electrons. The minimum absolute atomic E-state index is 0.112. The second-order valence-corrected chi connectivity index (χ2v) is 5.83. The molecule has 132 valence electrons. The van der Waals surface area contributed by atoms with E-state index in [1.807, 2.05) is 18.2 Å². The van der Waals surface area contributed by atoms with Crippen LogP contribution in [0.15, 0.2) is 42.6 Å². The number of pyridine rings is 1. The maximum atomic E-state index is 12.5. The maximum Gasteiger partial charge on any atom is 0.255 e. The number of nitrogens with zero attached hydrogens (tertiary/aromatic N) is 1. The Labute approximate surface area is 147 Å². The zero-order valence-electron chi connectivity index (χ0n) is 14.2. The first kappa shape index (κ1) is 17.2. The summed E-state index contributed by atoms with van der Waals surface area (Å²) in [6, 6.07) is 10.9. The largest absolute Gasteiger partial charge is 0.490 e. The molecule has 1 unspecified atom stereocenters. The normalized spacial score (nSPS) is 16.4. The third kappa shape index (κ3) is 4.70. The molecule has 6 nitrogen and oxygen atoms in total. The molecule has 1 aliphatic rings. The summed E-state index contributed by atoms with van der Waals surface area (Å²) in [5.41, 5.74) is 1.41. The van der Waals surface area contributed by atoms with Crippen LogP contribution < -0.4 is 14.8 Å². The van der Waals surface area contributed by atoms with E-state index in [0.717, 1.165) is 25.0 Å². The van der Waals surface area contributed by atoms with Crippen molar-refractivity contribution < 1.29 is 19.0 Å². The molecule has 0 saturated carbocycles. The maximum absolute atomic E-state index is 12.5. The summed E-state index contributed by atoms with van der Waals surface area (Å²) < 4.78 is 16.4. The number of methoxy groups -OCH3 is 1. The average molecular weight is 342 g/mol. The number of ether oxygens (including phenoxy) is 3. The molecular weight excluding hydrogens is 320 g/mol. The van der Waals surface area contributed by atoms with Crippen LogP contribution in [-0.4, -0.2) is 37.3 Å². The smallest absolute Gasteiger partial charge is 0.255 e. The topological polar surface area (TPSA) is 69.7 Å². The molecule has 1 atom stereocenters. The molecule has 1 aromatic heterocycles. The lowest BCUT2D eigenvalue weighted by molar-refractivity contribution is 0.0670. The first-order valence-corrected chi connectivity index (χ1v) is 8.37. The highest BCUT2D eigenvalue weighted by atomic mass is 16.5. The molecule has 3 rings (SSSR count). The van der Waals surface area contributed by atoms with Crippen molar-refractivity contribution in [1.82, 2.24) is 10.3 Å². The van der Waals surface area contributed by atoms with Crippen LogP contribution >= 0.6 is 0 Å². The van der Waals surface area contributed by atoms with Gasteiger partial charge < -0.3 is 19.5 Å². The van der Waals surface area contributed by atoms with Crippen molar-refractivity contribution in [2.24, 2.45) is 0 Å². The highest BCUT2D eigenvalue weighted by Gasteiger charge is 2.18. The zero-order chi connectivity index (χ0) is 17.5. The molecule has 25 heavy (non-hydrogen) atoms. The molecule has 1 fully saturated rings. The zero-order valence-corrected chi connectivity index (χ0v) is 14.2.